The number of amides is 2. The summed E-state index contributed by atoms with van der Waals surface area (Å²) in [6, 6.07) is -0.376. The second-order valence-corrected chi connectivity index (χ2v) is 3.77. The molecular weight excluding hydrogens is 204 g/mol. The van der Waals surface area contributed by atoms with Crippen molar-refractivity contribution in [1.29, 1.82) is 0 Å². The van der Waals surface area contributed by atoms with E-state index in [9.17, 15) is 9.59 Å². The van der Waals surface area contributed by atoms with Crippen LogP contribution in [0.1, 0.15) is 19.8 Å². The lowest BCUT2D eigenvalue weighted by molar-refractivity contribution is -0.134. The molecule has 1 aliphatic heterocycles. The molecule has 2 amide bonds. The van der Waals surface area contributed by atoms with Gasteiger partial charge < -0.3 is 5.32 Å². The van der Waals surface area contributed by atoms with E-state index in [0.29, 0.717) is 18.5 Å². The van der Waals surface area contributed by atoms with E-state index >= 15 is 0 Å². The van der Waals surface area contributed by atoms with Gasteiger partial charge in [-0.05, 0) is 25.0 Å². The molecule has 0 radical (unpaired) electrons. The van der Waals surface area contributed by atoms with Gasteiger partial charge in [-0.15, -0.1) is 0 Å². The van der Waals surface area contributed by atoms with Crippen molar-refractivity contribution in [3.05, 3.63) is 36.6 Å². The van der Waals surface area contributed by atoms with Crippen molar-refractivity contribution in [2.24, 2.45) is 0 Å². The van der Waals surface area contributed by atoms with Crippen LogP contribution in [-0.2, 0) is 9.59 Å². The van der Waals surface area contributed by atoms with Crippen molar-refractivity contribution in [2.45, 2.75) is 25.8 Å². The van der Waals surface area contributed by atoms with Crippen LogP contribution in [0, 0.1) is 0 Å². The van der Waals surface area contributed by atoms with Gasteiger partial charge in [-0.25, -0.2) is 0 Å². The number of rotatable bonds is 4. The summed E-state index contributed by atoms with van der Waals surface area (Å²) < 4.78 is 0. The molecule has 4 nitrogen and oxygen atoms in total. The summed E-state index contributed by atoms with van der Waals surface area (Å²) in [7, 11) is 0. The Balaban J connectivity index is 2.55. The lowest BCUT2D eigenvalue weighted by Crippen LogP contribution is -2.50. The third kappa shape index (κ3) is 3.38. The van der Waals surface area contributed by atoms with Gasteiger partial charge in [0.1, 0.15) is 6.04 Å². The number of hydrogen-bond acceptors (Lipinski definition) is 3. The first-order valence-corrected chi connectivity index (χ1v) is 5.13. The van der Waals surface area contributed by atoms with Crippen LogP contribution in [0.3, 0.4) is 0 Å². The molecule has 0 spiro atoms. The molecule has 2 N–H and O–H groups in total. The van der Waals surface area contributed by atoms with Gasteiger partial charge >= 0.3 is 0 Å². The predicted octanol–water partition coefficient (Wildman–Crippen LogP) is 1.03. The van der Waals surface area contributed by atoms with Gasteiger partial charge in [0.25, 0.3) is 0 Å². The molecule has 0 saturated carbocycles. The number of carbonyl (C=O) groups is 2. The van der Waals surface area contributed by atoms with Crippen molar-refractivity contribution in [3.8, 4) is 0 Å². The van der Waals surface area contributed by atoms with Crippen LogP contribution in [0.2, 0.25) is 0 Å². The number of piperidine rings is 1. The predicted molar refractivity (Wildman–Crippen MR) is 62.4 cm³/mol. The summed E-state index contributed by atoms with van der Waals surface area (Å²) in [5, 5.41) is 5.25. The summed E-state index contributed by atoms with van der Waals surface area (Å²) in [5.74, 6) is -0.506. The standard InChI is InChI=1S/C12H16N2O2/c1-4-8(2)7-9(3)13-10-5-6-11(15)14-12(10)16/h4,7,10,13H,1,3,5-6H2,2H3,(H,14,15,16)/b8-7-. The monoisotopic (exact) mass is 220 g/mol. The zero-order chi connectivity index (χ0) is 12.1. The molecule has 0 aliphatic carbocycles. The molecule has 0 aromatic heterocycles. The van der Waals surface area contributed by atoms with E-state index in [1.54, 1.807) is 12.2 Å². The lowest BCUT2D eigenvalue weighted by Gasteiger charge is -2.22. The summed E-state index contributed by atoms with van der Waals surface area (Å²) >= 11 is 0. The van der Waals surface area contributed by atoms with Crippen LogP contribution in [0.15, 0.2) is 36.6 Å². The maximum atomic E-state index is 11.4. The van der Waals surface area contributed by atoms with E-state index in [2.05, 4.69) is 23.8 Å². The first kappa shape index (κ1) is 12.2. The lowest BCUT2D eigenvalue weighted by atomic mass is 10.1. The molecule has 1 rings (SSSR count). The van der Waals surface area contributed by atoms with Crippen LogP contribution >= 0.6 is 0 Å². The van der Waals surface area contributed by atoms with Gasteiger partial charge in [0.2, 0.25) is 11.8 Å². The van der Waals surface area contributed by atoms with Crippen molar-refractivity contribution >= 4 is 11.8 Å². The highest BCUT2D eigenvalue weighted by Crippen LogP contribution is 2.07. The Kier molecular flexibility index (Phi) is 4.05. The molecule has 0 aromatic rings. The van der Waals surface area contributed by atoms with Gasteiger partial charge in [0.05, 0.1) is 0 Å². The van der Waals surface area contributed by atoms with Gasteiger partial charge in [-0.3, -0.25) is 14.9 Å². The number of carbonyl (C=O) groups excluding carboxylic acids is 2. The third-order valence-electron chi connectivity index (χ3n) is 2.32. The van der Waals surface area contributed by atoms with Crippen molar-refractivity contribution in [3.63, 3.8) is 0 Å². The summed E-state index contributed by atoms with van der Waals surface area (Å²) in [6.07, 6.45) is 4.37. The zero-order valence-electron chi connectivity index (χ0n) is 9.38. The molecule has 1 aliphatic rings. The van der Waals surface area contributed by atoms with Gasteiger partial charge in [0, 0.05) is 12.1 Å². The highest BCUT2D eigenvalue weighted by Gasteiger charge is 2.25. The molecule has 1 fully saturated rings. The zero-order valence-corrected chi connectivity index (χ0v) is 9.38. The average Bonchev–Trinajstić information content (AvgIpc) is 2.22. The smallest absolute Gasteiger partial charge is 0.249 e. The maximum Gasteiger partial charge on any atom is 0.249 e. The average molecular weight is 220 g/mol. The van der Waals surface area contributed by atoms with Crippen LogP contribution in [0.4, 0.5) is 0 Å². The van der Waals surface area contributed by atoms with Crippen LogP contribution < -0.4 is 10.6 Å². The van der Waals surface area contributed by atoms with Crippen LogP contribution in [-0.4, -0.2) is 17.9 Å². The number of hydrogen-bond donors (Lipinski definition) is 2. The topological polar surface area (TPSA) is 58.2 Å². The molecule has 4 heteroatoms. The van der Waals surface area contributed by atoms with Crippen molar-refractivity contribution < 1.29 is 9.59 Å². The first-order valence-electron chi connectivity index (χ1n) is 5.13. The Bertz CT molecular complexity index is 369. The fourth-order valence-electron chi connectivity index (χ4n) is 1.43. The minimum absolute atomic E-state index is 0.216. The maximum absolute atomic E-state index is 11.4. The second kappa shape index (κ2) is 5.30. The van der Waals surface area contributed by atoms with E-state index < -0.39 is 0 Å². The molecule has 86 valence electrons. The van der Waals surface area contributed by atoms with E-state index in [1.807, 2.05) is 6.92 Å². The quantitative estimate of drug-likeness (QED) is 0.549. The Labute approximate surface area is 95.1 Å². The molecule has 1 saturated heterocycles. The van der Waals surface area contributed by atoms with Crippen LogP contribution in [0.5, 0.6) is 0 Å². The number of imide groups is 1. The van der Waals surface area contributed by atoms with Gasteiger partial charge in [0.15, 0.2) is 0 Å². The highest BCUT2D eigenvalue weighted by molar-refractivity contribution is 6.00. The molecule has 16 heavy (non-hydrogen) atoms. The largest absolute Gasteiger partial charge is 0.374 e. The van der Waals surface area contributed by atoms with E-state index in [4.69, 9.17) is 0 Å². The molecule has 0 aromatic carbocycles. The Morgan fingerprint density at radius 2 is 2.25 bits per heavy atom. The van der Waals surface area contributed by atoms with Gasteiger partial charge in [-0.1, -0.05) is 19.2 Å². The van der Waals surface area contributed by atoms with Gasteiger partial charge in [-0.2, -0.15) is 0 Å². The SMILES string of the molecule is C=C/C(C)=C\C(=C)NC1CCC(=O)NC1=O. The fourth-order valence-corrected chi connectivity index (χ4v) is 1.43. The molecule has 1 heterocycles. The van der Waals surface area contributed by atoms with Crippen LogP contribution in [0.25, 0.3) is 0 Å². The fraction of sp³-hybridized carbons (Fsp3) is 0.333. The third-order valence-corrected chi connectivity index (χ3v) is 2.32. The molecule has 1 atom stereocenters. The van der Waals surface area contributed by atoms with Crippen molar-refractivity contribution in [1.82, 2.24) is 10.6 Å². The molecule has 0 bridgehead atoms. The van der Waals surface area contributed by atoms with Crippen molar-refractivity contribution in [2.75, 3.05) is 0 Å². The Morgan fingerprint density at radius 3 is 2.81 bits per heavy atom. The number of nitrogens with one attached hydrogen (secondary N) is 2. The van der Waals surface area contributed by atoms with E-state index in [-0.39, 0.29) is 17.9 Å². The first-order chi connectivity index (χ1) is 7.52. The Hall–Kier alpha value is -1.84. The molecular formula is C12H16N2O2. The summed E-state index contributed by atoms with van der Waals surface area (Å²) in [4.78, 5) is 22.3. The summed E-state index contributed by atoms with van der Waals surface area (Å²) in [6.45, 7) is 9.31. The van der Waals surface area contributed by atoms with E-state index in [1.165, 1.54) is 0 Å². The number of allylic oxidation sites excluding steroid dienone is 3. The minimum Gasteiger partial charge on any atom is -0.374 e. The summed E-state index contributed by atoms with van der Waals surface area (Å²) in [5.41, 5.74) is 1.61. The minimum atomic E-state index is -0.376. The second-order valence-electron chi connectivity index (χ2n) is 3.77. The molecule has 1 unspecified atom stereocenters. The highest BCUT2D eigenvalue weighted by atomic mass is 16.2. The normalized spacial score (nSPS) is 21.3. The Morgan fingerprint density at radius 1 is 1.56 bits per heavy atom. The van der Waals surface area contributed by atoms with E-state index in [0.717, 1.165) is 5.57 Å².